The van der Waals surface area contributed by atoms with Gasteiger partial charge in [0.15, 0.2) is 0 Å². The number of nitrogens with zero attached hydrogens (tertiary/aromatic N) is 2. The smallest absolute Gasteiger partial charge is 0.254 e. The van der Waals surface area contributed by atoms with Crippen molar-refractivity contribution in [2.45, 2.75) is 6.92 Å². The third-order valence-corrected chi connectivity index (χ3v) is 6.71. The van der Waals surface area contributed by atoms with E-state index in [1.54, 1.807) is 4.90 Å². The van der Waals surface area contributed by atoms with E-state index < -0.39 is 0 Å². The van der Waals surface area contributed by atoms with Gasteiger partial charge in [-0.2, -0.15) is 0 Å². The van der Waals surface area contributed by atoms with Crippen molar-refractivity contribution in [2.24, 2.45) is 11.8 Å². The highest BCUT2D eigenvalue weighted by Gasteiger charge is 2.35. The summed E-state index contributed by atoms with van der Waals surface area (Å²) in [5, 5.41) is 22.2. The predicted molar refractivity (Wildman–Crippen MR) is 126 cm³/mol. The van der Waals surface area contributed by atoms with Gasteiger partial charge in [-0.25, -0.2) is 0 Å². The lowest BCUT2D eigenvalue weighted by Crippen LogP contribution is -2.29. The first-order chi connectivity index (χ1) is 15.6. The Bertz CT molecular complexity index is 1310. The van der Waals surface area contributed by atoms with Crippen LogP contribution >= 0.6 is 0 Å². The minimum absolute atomic E-state index is 0.0247. The minimum Gasteiger partial charge on any atom is -0.396 e. The lowest BCUT2D eigenvalue weighted by Gasteiger charge is -2.18. The average molecular weight is 427 g/mol. The molecule has 2 N–H and O–H groups in total. The zero-order chi connectivity index (χ0) is 22.2. The largest absolute Gasteiger partial charge is 0.396 e. The number of aryl methyl sites for hydroxylation is 1. The van der Waals surface area contributed by atoms with Crippen molar-refractivity contribution in [3.8, 4) is 11.1 Å². The summed E-state index contributed by atoms with van der Waals surface area (Å²) in [6.07, 6.45) is 1.90. The first-order valence-corrected chi connectivity index (χ1v) is 11.0. The van der Waals surface area contributed by atoms with Crippen molar-refractivity contribution in [1.82, 2.24) is 9.88 Å². The van der Waals surface area contributed by atoms with Crippen LogP contribution in [0.4, 0.5) is 0 Å². The number of amides is 1. The average Bonchev–Trinajstić information content (AvgIpc) is 3.26. The van der Waals surface area contributed by atoms with Crippen molar-refractivity contribution in [3.63, 3.8) is 0 Å². The number of carbonyl (C=O) groups is 1. The van der Waals surface area contributed by atoms with E-state index in [-0.39, 0.29) is 31.0 Å². The highest BCUT2D eigenvalue weighted by molar-refractivity contribution is 6.10. The van der Waals surface area contributed by atoms with Crippen LogP contribution in [0.5, 0.6) is 0 Å². The second-order valence-corrected chi connectivity index (χ2v) is 8.67. The molecule has 32 heavy (non-hydrogen) atoms. The van der Waals surface area contributed by atoms with Gasteiger partial charge >= 0.3 is 0 Å². The van der Waals surface area contributed by atoms with Crippen molar-refractivity contribution in [1.29, 1.82) is 0 Å². The molecule has 0 spiro atoms. The Morgan fingerprint density at radius 1 is 0.969 bits per heavy atom. The van der Waals surface area contributed by atoms with E-state index in [0.717, 1.165) is 38.4 Å². The molecule has 5 heteroatoms. The van der Waals surface area contributed by atoms with E-state index >= 15 is 0 Å². The Balaban J connectivity index is 1.57. The molecular weight excluding hydrogens is 400 g/mol. The van der Waals surface area contributed by atoms with Gasteiger partial charge in [0.2, 0.25) is 0 Å². The van der Waals surface area contributed by atoms with Gasteiger partial charge in [-0.05, 0) is 41.0 Å². The van der Waals surface area contributed by atoms with E-state index in [9.17, 15) is 15.0 Å². The first-order valence-electron chi connectivity index (χ1n) is 11.0. The summed E-state index contributed by atoms with van der Waals surface area (Å²) < 4.78 is 0. The molecule has 0 radical (unpaired) electrons. The van der Waals surface area contributed by atoms with Crippen LogP contribution in [-0.4, -0.2) is 52.3 Å². The van der Waals surface area contributed by atoms with Crippen molar-refractivity contribution >= 4 is 27.6 Å². The van der Waals surface area contributed by atoms with Gasteiger partial charge in [0, 0.05) is 60.8 Å². The van der Waals surface area contributed by atoms with Gasteiger partial charge in [-0.1, -0.05) is 48.5 Å². The molecule has 2 heterocycles. The van der Waals surface area contributed by atoms with Gasteiger partial charge < -0.3 is 15.1 Å². The molecule has 0 aliphatic carbocycles. The fraction of sp³-hybridized carbons (Fsp3) is 0.259. The molecule has 0 bridgehead atoms. The van der Waals surface area contributed by atoms with E-state index in [0.29, 0.717) is 18.7 Å². The number of aliphatic hydroxyl groups is 2. The van der Waals surface area contributed by atoms with Crippen LogP contribution in [0.15, 0.2) is 66.9 Å². The van der Waals surface area contributed by atoms with Gasteiger partial charge in [0.25, 0.3) is 5.91 Å². The molecule has 1 aliphatic heterocycles. The van der Waals surface area contributed by atoms with Crippen LogP contribution in [0, 0.1) is 18.8 Å². The van der Waals surface area contributed by atoms with E-state index in [2.05, 4.69) is 31.2 Å². The minimum atomic E-state index is -0.0818. The van der Waals surface area contributed by atoms with Crippen LogP contribution in [0.25, 0.3) is 32.8 Å². The third kappa shape index (κ3) is 3.44. The summed E-state index contributed by atoms with van der Waals surface area (Å²) in [5.41, 5.74) is 4.84. The molecule has 0 unspecified atom stereocenters. The second-order valence-electron chi connectivity index (χ2n) is 8.67. The monoisotopic (exact) mass is 426 g/mol. The van der Waals surface area contributed by atoms with Crippen molar-refractivity contribution in [3.05, 3.63) is 78.0 Å². The number of rotatable bonds is 4. The number of benzene rings is 3. The van der Waals surface area contributed by atoms with E-state index in [1.807, 2.05) is 42.6 Å². The maximum Gasteiger partial charge on any atom is 0.254 e. The molecule has 1 fully saturated rings. The highest BCUT2D eigenvalue weighted by Crippen LogP contribution is 2.33. The van der Waals surface area contributed by atoms with Crippen molar-refractivity contribution in [2.75, 3.05) is 26.3 Å². The Morgan fingerprint density at radius 2 is 1.66 bits per heavy atom. The third-order valence-electron chi connectivity index (χ3n) is 6.71. The summed E-state index contributed by atoms with van der Waals surface area (Å²) in [6, 6.07) is 20.2. The van der Waals surface area contributed by atoms with Gasteiger partial charge in [-0.15, -0.1) is 0 Å². The number of para-hydroxylation sites is 1. The zero-order valence-electron chi connectivity index (χ0n) is 18.0. The highest BCUT2D eigenvalue weighted by atomic mass is 16.3. The second kappa shape index (κ2) is 8.34. The molecule has 1 aliphatic rings. The van der Waals surface area contributed by atoms with Crippen molar-refractivity contribution < 1.29 is 15.0 Å². The normalized spacial score (nSPS) is 18.5. The first kappa shape index (κ1) is 20.6. The molecule has 5 nitrogen and oxygen atoms in total. The number of carbonyl (C=O) groups excluding carboxylic acids is 1. The Hall–Kier alpha value is -3.28. The fourth-order valence-electron chi connectivity index (χ4n) is 4.90. The topological polar surface area (TPSA) is 73.7 Å². The van der Waals surface area contributed by atoms with Gasteiger partial charge in [0.05, 0.1) is 5.52 Å². The molecule has 4 aromatic rings. The Kier molecular flexibility index (Phi) is 5.37. The number of fused-ring (bicyclic) bond motifs is 2. The lowest BCUT2D eigenvalue weighted by molar-refractivity contribution is 0.0780. The lowest BCUT2D eigenvalue weighted by atomic mass is 9.95. The maximum absolute atomic E-state index is 13.4. The number of likely N-dealkylation sites (tertiary alicyclic amines) is 1. The molecule has 1 amide bonds. The number of hydrogen-bond acceptors (Lipinski definition) is 4. The Labute approximate surface area is 186 Å². The maximum atomic E-state index is 13.4. The quantitative estimate of drug-likeness (QED) is 0.517. The number of pyridine rings is 1. The molecule has 0 saturated carbocycles. The van der Waals surface area contributed by atoms with Gasteiger partial charge in [-0.3, -0.25) is 9.78 Å². The molecule has 2 atom stereocenters. The molecular formula is C27H26N2O3. The summed E-state index contributed by atoms with van der Waals surface area (Å²) in [4.78, 5) is 19.8. The van der Waals surface area contributed by atoms with Crippen LogP contribution in [0.1, 0.15) is 15.9 Å². The fourth-order valence-corrected chi connectivity index (χ4v) is 4.90. The standard InChI is InChI=1S/C27H26N2O3/c1-17-5-2-6-18-11-19(12-28-26(17)18)22-7-3-9-24-23(22)8-4-10-25(24)27(32)29-13-20(15-30)21(14-29)16-31/h2-12,20-21,30-31H,13-16H2,1H3/t20-,21-/m0/s1. The Morgan fingerprint density at radius 3 is 2.41 bits per heavy atom. The van der Waals surface area contributed by atoms with Crippen LogP contribution in [-0.2, 0) is 0 Å². The molecule has 1 aromatic heterocycles. The summed E-state index contributed by atoms with van der Waals surface area (Å²) in [5.74, 6) is -0.224. The molecule has 5 rings (SSSR count). The number of aromatic nitrogens is 1. The molecule has 162 valence electrons. The predicted octanol–water partition coefficient (Wildman–Crippen LogP) is 4.04. The van der Waals surface area contributed by atoms with Crippen LogP contribution in [0.3, 0.4) is 0 Å². The summed E-state index contributed by atoms with van der Waals surface area (Å²) in [7, 11) is 0. The summed E-state index contributed by atoms with van der Waals surface area (Å²) in [6.45, 7) is 2.94. The zero-order valence-corrected chi connectivity index (χ0v) is 18.0. The van der Waals surface area contributed by atoms with Crippen LogP contribution < -0.4 is 0 Å². The number of aliphatic hydroxyl groups excluding tert-OH is 2. The van der Waals surface area contributed by atoms with E-state index in [4.69, 9.17) is 4.98 Å². The van der Waals surface area contributed by atoms with Crippen LogP contribution in [0.2, 0.25) is 0 Å². The SMILES string of the molecule is Cc1cccc2cc(-c3cccc4c(C(=O)N5C[C@@H](CO)[C@H](CO)C5)cccc34)cnc12. The summed E-state index contributed by atoms with van der Waals surface area (Å²) >= 11 is 0. The van der Waals surface area contributed by atoms with E-state index in [1.165, 1.54) is 0 Å². The molecule has 3 aromatic carbocycles. The van der Waals surface area contributed by atoms with Gasteiger partial charge in [0.1, 0.15) is 0 Å². The molecule has 1 saturated heterocycles. The number of hydrogen-bond donors (Lipinski definition) is 2.